The van der Waals surface area contributed by atoms with Gasteiger partial charge >= 0.3 is 5.24 Å². The van der Waals surface area contributed by atoms with Crippen LogP contribution in [0.4, 0.5) is 22.2 Å². The molecule has 4 aromatic rings. The summed E-state index contributed by atoms with van der Waals surface area (Å²) in [7, 11) is -0.102. The number of amides is 1. The van der Waals surface area contributed by atoms with Crippen molar-refractivity contribution in [1.82, 2.24) is 15.0 Å². The number of carbonyl (C=O) groups excluding carboxylic acids is 1. The molecule has 2 aromatic heterocycles. The third-order valence-corrected chi connectivity index (χ3v) is 6.67. The van der Waals surface area contributed by atoms with Crippen LogP contribution in [0.2, 0.25) is 0 Å². The molecule has 2 aromatic carbocycles. The van der Waals surface area contributed by atoms with Crippen molar-refractivity contribution in [3.63, 3.8) is 0 Å². The normalized spacial score (nSPS) is 12.9. The highest BCUT2D eigenvalue weighted by atomic mass is 32.2. The summed E-state index contributed by atoms with van der Waals surface area (Å²) >= 11 is 0. The molecule has 0 bridgehead atoms. The number of pyridine rings is 1. The number of thiol groups is 1. The summed E-state index contributed by atoms with van der Waals surface area (Å²) in [6.45, 7) is 0.989. The van der Waals surface area contributed by atoms with E-state index in [9.17, 15) is 13.2 Å². The molecule has 3 heterocycles. The zero-order valence-electron chi connectivity index (χ0n) is 20.1. The van der Waals surface area contributed by atoms with Crippen molar-refractivity contribution >= 4 is 44.3 Å². The number of methoxy groups -OCH3 is 2. The molecule has 12 heteroatoms. The number of nitrogens with two attached hydrogens (primary N) is 1. The second kappa shape index (κ2) is 9.90. The topological polar surface area (TPSA) is 150 Å². The zero-order chi connectivity index (χ0) is 26.1. The number of aromatic nitrogens is 3. The van der Waals surface area contributed by atoms with E-state index < -0.39 is 15.9 Å². The number of carbonyl (C=O) groups is 1. The van der Waals surface area contributed by atoms with Crippen molar-refractivity contribution in [1.29, 1.82) is 0 Å². The highest BCUT2D eigenvalue weighted by Gasteiger charge is 2.25. The molecule has 0 atom stereocenters. The van der Waals surface area contributed by atoms with E-state index in [1.54, 1.807) is 38.6 Å². The molecule has 0 saturated carbocycles. The lowest BCUT2D eigenvalue weighted by atomic mass is 9.98. The second-order valence-electron chi connectivity index (χ2n) is 8.31. The zero-order valence-corrected chi connectivity index (χ0v) is 21.0. The summed E-state index contributed by atoms with van der Waals surface area (Å²) in [5.41, 5.74) is 10.7. The Morgan fingerprint density at radius 2 is 1.95 bits per heavy atom. The minimum atomic E-state index is -3.21. The molecule has 37 heavy (non-hydrogen) atoms. The van der Waals surface area contributed by atoms with Gasteiger partial charge in [0, 0.05) is 31.0 Å². The van der Waals surface area contributed by atoms with Crippen molar-refractivity contribution in [3.8, 4) is 22.8 Å². The molecule has 5 rings (SSSR count). The summed E-state index contributed by atoms with van der Waals surface area (Å²) in [4.78, 5) is 27.6. The first-order chi connectivity index (χ1) is 17.9. The van der Waals surface area contributed by atoms with Crippen LogP contribution in [-0.4, -0.2) is 49.4 Å². The first-order valence-electron chi connectivity index (χ1n) is 11.4. The van der Waals surface area contributed by atoms with E-state index >= 15 is 0 Å². The predicted octanol–water partition coefficient (Wildman–Crippen LogP) is 3.00. The van der Waals surface area contributed by atoms with Crippen molar-refractivity contribution < 1.29 is 22.7 Å². The van der Waals surface area contributed by atoms with Crippen LogP contribution in [-0.2, 0) is 23.7 Å². The number of hydrogen-bond donors (Lipinski definition) is 3. The predicted molar refractivity (Wildman–Crippen MR) is 141 cm³/mol. The Bertz CT molecular complexity index is 1580. The van der Waals surface area contributed by atoms with Gasteiger partial charge in [-0.15, -0.1) is 0 Å². The van der Waals surface area contributed by atoms with Gasteiger partial charge in [0.25, 0.3) is 0 Å². The van der Waals surface area contributed by atoms with E-state index in [4.69, 9.17) is 20.2 Å². The van der Waals surface area contributed by atoms with Crippen LogP contribution < -0.4 is 25.4 Å². The van der Waals surface area contributed by atoms with Crippen LogP contribution in [0.1, 0.15) is 11.1 Å². The van der Waals surface area contributed by atoms with Crippen LogP contribution in [0.25, 0.3) is 22.2 Å². The van der Waals surface area contributed by atoms with Crippen molar-refractivity contribution in [2.75, 3.05) is 36.7 Å². The Morgan fingerprint density at radius 3 is 2.65 bits per heavy atom. The molecule has 1 aliphatic rings. The van der Waals surface area contributed by atoms with E-state index in [1.165, 1.54) is 0 Å². The lowest BCUT2D eigenvalue weighted by molar-refractivity contribution is 0.268. The lowest BCUT2D eigenvalue weighted by Crippen LogP contribution is -2.32. The molecule has 3 N–H and O–H groups in total. The van der Waals surface area contributed by atoms with Gasteiger partial charge in [0.1, 0.15) is 5.82 Å². The minimum absolute atomic E-state index is 0.271. The lowest BCUT2D eigenvalue weighted by Gasteiger charge is -2.30. The highest BCUT2D eigenvalue weighted by molar-refractivity contribution is 7.89. The number of rotatable bonds is 5. The summed E-state index contributed by atoms with van der Waals surface area (Å²) in [5.74, 6) is 1.68. The maximum atomic E-state index is 11.7. The third kappa shape index (κ3) is 4.47. The molecule has 11 nitrogen and oxygen atoms in total. The molecule has 0 unspecified atom stereocenters. The van der Waals surface area contributed by atoms with Gasteiger partial charge in [-0.05, 0) is 35.7 Å². The Labute approximate surface area is 214 Å². The SMILES string of the molecule is COc1cc2nc(N3CCc4c(cccc4NC(=O)[SH](=O)=O)C3)nc(N)c2c(-c2ccccn2)c1OC. The minimum Gasteiger partial charge on any atom is -0.493 e. The molecule has 190 valence electrons. The van der Waals surface area contributed by atoms with Gasteiger partial charge in [-0.1, -0.05) is 18.2 Å². The maximum absolute atomic E-state index is 11.7. The first-order valence-corrected chi connectivity index (χ1v) is 12.5. The van der Waals surface area contributed by atoms with Crippen LogP contribution in [0.15, 0.2) is 48.7 Å². The smallest absolute Gasteiger partial charge is 0.338 e. The second-order valence-corrected chi connectivity index (χ2v) is 9.23. The Balaban J connectivity index is 1.57. The third-order valence-electron chi connectivity index (χ3n) is 6.22. The molecule has 1 amide bonds. The summed E-state index contributed by atoms with van der Waals surface area (Å²) in [5, 5.41) is 2.03. The van der Waals surface area contributed by atoms with Crippen molar-refractivity contribution in [3.05, 3.63) is 59.8 Å². The van der Waals surface area contributed by atoms with E-state index in [0.717, 1.165) is 11.1 Å². The van der Waals surface area contributed by atoms with E-state index in [2.05, 4.69) is 15.3 Å². The van der Waals surface area contributed by atoms with Crippen LogP contribution in [0, 0.1) is 0 Å². The highest BCUT2D eigenvalue weighted by Crippen LogP contribution is 2.44. The number of hydrogen-bond acceptors (Lipinski definition) is 10. The largest absolute Gasteiger partial charge is 0.493 e. The number of anilines is 3. The molecule has 0 aliphatic carbocycles. The van der Waals surface area contributed by atoms with E-state index in [1.807, 2.05) is 29.2 Å². The summed E-state index contributed by atoms with van der Waals surface area (Å²) in [6, 6.07) is 12.7. The molecule has 0 spiro atoms. The summed E-state index contributed by atoms with van der Waals surface area (Å²) in [6.07, 6.45) is 2.23. The van der Waals surface area contributed by atoms with Gasteiger partial charge in [0.2, 0.25) is 16.7 Å². The Kier molecular flexibility index (Phi) is 6.49. The molecule has 1 aliphatic heterocycles. The first kappa shape index (κ1) is 24.3. The van der Waals surface area contributed by atoms with Gasteiger partial charge in [-0.3, -0.25) is 9.78 Å². The molecular formula is C25H24N6O5S. The Morgan fingerprint density at radius 1 is 1.11 bits per heavy atom. The number of benzene rings is 2. The number of nitrogens with zero attached hydrogens (tertiary/aromatic N) is 4. The molecular weight excluding hydrogens is 496 g/mol. The van der Waals surface area contributed by atoms with Crippen LogP contribution in [0.3, 0.4) is 0 Å². The quantitative estimate of drug-likeness (QED) is 0.335. The van der Waals surface area contributed by atoms with E-state index in [0.29, 0.717) is 64.8 Å². The Hall–Kier alpha value is -4.45. The van der Waals surface area contributed by atoms with Crippen LogP contribution in [0.5, 0.6) is 11.5 Å². The average molecular weight is 521 g/mol. The molecule has 0 radical (unpaired) electrons. The standard InChI is InChI=1S/C25H24N6O5S/c1-35-19-12-18-21(20(22(19)36-2)17-7-3-4-10-27-17)23(26)30-24(28-18)31-11-9-15-14(13-31)6-5-8-16(15)29-25(32)37(33)34/h3-8,10,12,37H,9,11,13H2,1-2H3,(H,29,32)(H2,26,28,30). The van der Waals surface area contributed by atoms with Crippen molar-refractivity contribution in [2.45, 2.75) is 13.0 Å². The average Bonchev–Trinajstić information content (AvgIpc) is 2.92. The van der Waals surface area contributed by atoms with Gasteiger partial charge in [0.15, 0.2) is 11.5 Å². The number of nitrogen functional groups attached to an aromatic ring is 1. The van der Waals surface area contributed by atoms with Crippen LogP contribution >= 0.6 is 0 Å². The van der Waals surface area contributed by atoms with Gasteiger partial charge in [-0.2, -0.15) is 4.98 Å². The number of ether oxygens (including phenoxy) is 2. The van der Waals surface area contributed by atoms with Gasteiger partial charge in [-0.25, -0.2) is 13.4 Å². The van der Waals surface area contributed by atoms with Gasteiger partial charge in [0.05, 0.1) is 36.4 Å². The molecule has 0 fully saturated rings. The monoisotopic (exact) mass is 520 g/mol. The number of fused-ring (bicyclic) bond motifs is 2. The fraction of sp³-hybridized carbons (Fsp3) is 0.200. The number of nitrogens with one attached hydrogen (secondary N) is 1. The maximum Gasteiger partial charge on any atom is 0.338 e. The molecule has 0 saturated heterocycles. The fourth-order valence-electron chi connectivity index (χ4n) is 4.58. The fourth-order valence-corrected chi connectivity index (χ4v) is 4.79. The van der Waals surface area contributed by atoms with Crippen molar-refractivity contribution in [2.24, 2.45) is 0 Å². The van der Waals surface area contributed by atoms with E-state index in [-0.39, 0.29) is 5.82 Å². The summed E-state index contributed by atoms with van der Waals surface area (Å²) < 4.78 is 33.3. The van der Waals surface area contributed by atoms with Gasteiger partial charge < -0.3 is 25.4 Å².